The molecule has 214 valence electrons. The highest BCUT2D eigenvalue weighted by molar-refractivity contribution is 5.85. The van der Waals surface area contributed by atoms with Gasteiger partial charge in [-0.1, -0.05) is 23.4 Å². The Morgan fingerprint density at radius 3 is 2.52 bits per heavy atom. The lowest BCUT2D eigenvalue weighted by atomic mass is 9.80. The van der Waals surface area contributed by atoms with Crippen molar-refractivity contribution in [3.05, 3.63) is 53.3 Å². The lowest BCUT2D eigenvalue weighted by Gasteiger charge is -2.46. The van der Waals surface area contributed by atoms with Gasteiger partial charge in [-0.15, -0.1) is 0 Å². The van der Waals surface area contributed by atoms with Crippen molar-refractivity contribution < 1.29 is 23.5 Å². The first-order valence-electron chi connectivity index (χ1n) is 14.8. The van der Waals surface area contributed by atoms with Crippen molar-refractivity contribution >= 4 is 11.8 Å². The minimum Gasteiger partial charge on any atom is -0.494 e. The average molecular weight is 550 g/mol. The van der Waals surface area contributed by atoms with Gasteiger partial charge < -0.3 is 19.2 Å². The van der Waals surface area contributed by atoms with Gasteiger partial charge in [-0.3, -0.25) is 9.69 Å². The molecule has 0 N–H and O–H groups in total. The van der Waals surface area contributed by atoms with Gasteiger partial charge in [0.2, 0.25) is 0 Å². The van der Waals surface area contributed by atoms with Crippen LogP contribution in [0.1, 0.15) is 69.9 Å². The zero-order valence-corrected chi connectivity index (χ0v) is 23.9. The molecule has 3 heterocycles. The summed E-state index contributed by atoms with van der Waals surface area (Å²) in [5.74, 6) is 2.01. The number of nitrogens with zero attached hydrogens (tertiary/aromatic N) is 3. The minimum absolute atomic E-state index is 0.0939. The third-order valence-corrected chi connectivity index (χ3v) is 8.96. The Balaban J connectivity index is 1.10. The molecule has 0 radical (unpaired) electrons. The summed E-state index contributed by atoms with van der Waals surface area (Å²) in [5, 5.41) is 4.49. The second kappa shape index (κ2) is 10.7. The number of hydrogen-bond donors (Lipinski definition) is 0. The largest absolute Gasteiger partial charge is 0.494 e. The Labute approximate surface area is 236 Å². The zero-order chi connectivity index (χ0) is 27.9. The van der Waals surface area contributed by atoms with Crippen LogP contribution in [0.3, 0.4) is 0 Å². The van der Waals surface area contributed by atoms with Gasteiger partial charge in [0.25, 0.3) is 0 Å². The summed E-state index contributed by atoms with van der Waals surface area (Å²) in [5.41, 5.74) is 3.26. The van der Waals surface area contributed by atoms with Crippen molar-refractivity contribution in [1.82, 2.24) is 9.80 Å². The topological polar surface area (TPSA) is 63.6 Å². The molecule has 0 amide bonds. The van der Waals surface area contributed by atoms with E-state index in [0.29, 0.717) is 24.7 Å². The molecule has 3 aliphatic heterocycles. The van der Waals surface area contributed by atoms with Crippen molar-refractivity contribution in [3.63, 3.8) is 0 Å². The van der Waals surface area contributed by atoms with Gasteiger partial charge in [-0.2, -0.15) is 0 Å². The number of piperidine rings is 1. The average Bonchev–Trinajstić information content (AvgIpc) is 3.68. The van der Waals surface area contributed by atoms with Crippen molar-refractivity contribution in [2.24, 2.45) is 10.6 Å². The highest BCUT2D eigenvalue weighted by Crippen LogP contribution is 2.47. The van der Waals surface area contributed by atoms with E-state index in [0.717, 1.165) is 87.5 Å². The highest BCUT2D eigenvalue weighted by atomic mass is 19.1. The quantitative estimate of drug-likeness (QED) is 0.393. The first-order chi connectivity index (χ1) is 19.3. The molecule has 0 unspecified atom stereocenters. The molecule has 2 aromatic carbocycles. The van der Waals surface area contributed by atoms with Crippen LogP contribution in [0.25, 0.3) is 11.1 Å². The number of likely N-dealkylation sites (tertiary alicyclic amines) is 2. The maximum atomic E-state index is 14.8. The van der Waals surface area contributed by atoms with Crippen LogP contribution in [-0.4, -0.2) is 66.6 Å². The predicted octanol–water partition coefficient (Wildman–Crippen LogP) is 5.72. The van der Waals surface area contributed by atoms with Gasteiger partial charge in [0, 0.05) is 43.9 Å². The van der Waals surface area contributed by atoms with Gasteiger partial charge in [0.1, 0.15) is 17.4 Å². The van der Waals surface area contributed by atoms with E-state index in [9.17, 15) is 9.18 Å². The molecule has 1 saturated carbocycles. The fourth-order valence-electron chi connectivity index (χ4n) is 6.43. The first-order valence-corrected chi connectivity index (χ1v) is 14.8. The number of benzene rings is 2. The van der Waals surface area contributed by atoms with E-state index in [1.165, 1.54) is 11.6 Å². The van der Waals surface area contributed by atoms with Crippen molar-refractivity contribution in [1.29, 1.82) is 0 Å². The summed E-state index contributed by atoms with van der Waals surface area (Å²) in [7, 11) is 0. The van der Waals surface area contributed by atoms with Crippen molar-refractivity contribution in [2.75, 3.05) is 39.4 Å². The van der Waals surface area contributed by atoms with Crippen molar-refractivity contribution in [2.45, 2.75) is 70.9 Å². The molecule has 6 rings (SSSR count). The molecule has 4 aliphatic rings. The number of carbonyl (C=O) groups excluding carboxylic acids is 1. The van der Waals surface area contributed by atoms with Crippen LogP contribution in [0.5, 0.6) is 5.75 Å². The van der Waals surface area contributed by atoms with E-state index in [2.05, 4.69) is 21.0 Å². The Hall–Kier alpha value is -3.13. The number of halogens is 1. The van der Waals surface area contributed by atoms with Gasteiger partial charge in [0.05, 0.1) is 25.0 Å². The van der Waals surface area contributed by atoms with E-state index in [1.54, 1.807) is 6.07 Å². The Morgan fingerprint density at radius 2 is 1.85 bits per heavy atom. The van der Waals surface area contributed by atoms with Crippen LogP contribution >= 0.6 is 0 Å². The summed E-state index contributed by atoms with van der Waals surface area (Å²) in [6, 6.07) is 11.3. The fraction of sp³-hybridized carbons (Fsp3) is 0.562. The van der Waals surface area contributed by atoms with E-state index in [1.807, 2.05) is 39.0 Å². The third-order valence-electron chi connectivity index (χ3n) is 8.96. The number of ether oxygens (including phenoxy) is 2. The molecule has 0 atom stereocenters. The van der Waals surface area contributed by atoms with Gasteiger partial charge in [-0.25, -0.2) is 4.39 Å². The van der Waals surface area contributed by atoms with Crippen LogP contribution in [0.2, 0.25) is 0 Å². The molecule has 1 aliphatic carbocycles. The molecule has 7 nitrogen and oxygen atoms in total. The Bertz CT molecular complexity index is 1290. The standard InChI is InChI=1S/C32H40FN3O4/c1-4-38-28-17-26(24-8-6-7-9-27(24)33)25(22-10-11-22)16-23(28)19-35-20-32(21-35)18-29(34-40-32)36-14-12-31(3,13-15-36)30(37)39-5-2/h6-9,16-17,22H,4-5,10-15,18-21H2,1-3H3. The van der Waals surface area contributed by atoms with Crippen LogP contribution < -0.4 is 4.74 Å². The molecule has 0 bridgehead atoms. The maximum absolute atomic E-state index is 14.8. The Morgan fingerprint density at radius 1 is 1.10 bits per heavy atom. The fourth-order valence-corrected chi connectivity index (χ4v) is 6.43. The van der Waals surface area contributed by atoms with Gasteiger partial charge >= 0.3 is 5.97 Å². The number of rotatable bonds is 8. The minimum atomic E-state index is -0.420. The number of carbonyl (C=O) groups is 1. The lowest BCUT2D eigenvalue weighted by Crippen LogP contribution is -2.61. The van der Waals surface area contributed by atoms with Crippen LogP contribution in [-0.2, 0) is 20.9 Å². The third kappa shape index (κ3) is 5.18. The molecule has 2 aromatic rings. The maximum Gasteiger partial charge on any atom is 0.311 e. The van der Waals surface area contributed by atoms with Gasteiger partial charge in [0.15, 0.2) is 5.60 Å². The second-order valence-corrected chi connectivity index (χ2v) is 12.1. The second-order valence-electron chi connectivity index (χ2n) is 12.1. The summed E-state index contributed by atoms with van der Waals surface area (Å²) >= 11 is 0. The van der Waals surface area contributed by atoms with Crippen LogP contribution in [0.15, 0.2) is 41.6 Å². The number of esters is 1. The zero-order valence-electron chi connectivity index (χ0n) is 23.9. The molecular weight excluding hydrogens is 509 g/mol. The Kier molecular flexibility index (Phi) is 7.23. The van der Waals surface area contributed by atoms with E-state index in [-0.39, 0.29) is 17.4 Å². The lowest BCUT2D eigenvalue weighted by molar-refractivity contribution is -0.156. The number of hydrogen-bond acceptors (Lipinski definition) is 7. The van der Waals surface area contributed by atoms with E-state index in [4.69, 9.17) is 14.3 Å². The molecule has 0 aromatic heterocycles. The molecular formula is C32H40FN3O4. The number of oxime groups is 1. The van der Waals surface area contributed by atoms with Gasteiger partial charge in [-0.05, 0) is 81.7 Å². The monoisotopic (exact) mass is 549 g/mol. The highest BCUT2D eigenvalue weighted by Gasteiger charge is 2.51. The normalized spacial score (nSPS) is 21.5. The van der Waals surface area contributed by atoms with Crippen LogP contribution in [0.4, 0.5) is 4.39 Å². The predicted molar refractivity (Wildman–Crippen MR) is 152 cm³/mol. The van der Waals surface area contributed by atoms with E-state index < -0.39 is 5.41 Å². The number of amidine groups is 1. The summed E-state index contributed by atoms with van der Waals surface area (Å²) in [6.07, 6.45) is 4.60. The SMILES string of the molecule is CCOC(=O)C1(C)CCN(C2=NOC3(C2)CN(Cc2cc(C4CC4)c(-c4ccccc4F)cc2OCC)C3)CC1. The summed E-state index contributed by atoms with van der Waals surface area (Å²) in [4.78, 5) is 23.1. The van der Waals surface area contributed by atoms with Crippen molar-refractivity contribution in [3.8, 4) is 16.9 Å². The molecule has 2 saturated heterocycles. The summed E-state index contributed by atoms with van der Waals surface area (Å²) < 4.78 is 26.2. The molecule has 8 heteroatoms. The summed E-state index contributed by atoms with van der Waals surface area (Å²) in [6.45, 7) is 10.8. The molecule has 3 fully saturated rings. The van der Waals surface area contributed by atoms with Crippen LogP contribution in [0, 0.1) is 11.2 Å². The van der Waals surface area contributed by atoms with E-state index >= 15 is 0 Å². The molecule has 40 heavy (non-hydrogen) atoms. The molecule has 1 spiro atoms. The smallest absolute Gasteiger partial charge is 0.311 e. The first kappa shape index (κ1) is 27.1.